The number of carbonyl (C=O) groups excluding carboxylic acids is 1. The summed E-state index contributed by atoms with van der Waals surface area (Å²) in [5, 5.41) is 12.7. The Morgan fingerprint density at radius 3 is 2.62 bits per heavy atom. The Labute approximate surface area is 127 Å². The van der Waals surface area contributed by atoms with Crippen LogP contribution in [0.3, 0.4) is 0 Å². The molecule has 6 heteroatoms. The molecule has 2 N–H and O–H groups in total. The Morgan fingerprint density at radius 1 is 1.29 bits per heavy atom. The van der Waals surface area contributed by atoms with Gasteiger partial charge in [-0.1, -0.05) is 17.7 Å². The third-order valence-corrected chi connectivity index (χ3v) is 4.55. The molecule has 2 saturated heterocycles. The minimum absolute atomic E-state index is 0.296. The van der Waals surface area contributed by atoms with Crippen LogP contribution in [0, 0.1) is 18.8 Å². The van der Waals surface area contributed by atoms with Crippen molar-refractivity contribution in [3.05, 3.63) is 28.8 Å². The summed E-state index contributed by atoms with van der Waals surface area (Å²) in [7, 11) is 0. The van der Waals surface area contributed by atoms with Crippen LogP contribution in [-0.4, -0.2) is 29.2 Å². The summed E-state index contributed by atoms with van der Waals surface area (Å²) >= 11 is 5.93. The molecule has 0 saturated carbocycles. The van der Waals surface area contributed by atoms with Gasteiger partial charge in [0.05, 0.1) is 24.0 Å². The summed E-state index contributed by atoms with van der Waals surface area (Å²) in [5.41, 5.74) is 1.49. The number of hydrogen-bond donors (Lipinski definition) is 2. The summed E-state index contributed by atoms with van der Waals surface area (Å²) in [6, 6.07) is 5.22. The maximum Gasteiger partial charge on any atom is 0.310 e. The van der Waals surface area contributed by atoms with E-state index in [-0.39, 0.29) is 18.1 Å². The molecule has 5 nitrogen and oxygen atoms in total. The largest absolute Gasteiger partial charge is 0.481 e. The van der Waals surface area contributed by atoms with E-state index >= 15 is 0 Å². The fraction of sp³-hybridized carbons (Fsp3) is 0.467. The summed E-state index contributed by atoms with van der Waals surface area (Å²) in [5.74, 6) is -2.67. The first kappa shape index (κ1) is 14.4. The van der Waals surface area contributed by atoms with E-state index in [4.69, 9.17) is 16.3 Å². The van der Waals surface area contributed by atoms with Crippen molar-refractivity contribution in [2.45, 2.75) is 32.0 Å². The molecule has 21 heavy (non-hydrogen) atoms. The molecule has 1 aromatic carbocycles. The minimum Gasteiger partial charge on any atom is -0.481 e. The van der Waals surface area contributed by atoms with Crippen LogP contribution in [0.1, 0.15) is 18.4 Å². The zero-order valence-electron chi connectivity index (χ0n) is 11.5. The summed E-state index contributed by atoms with van der Waals surface area (Å²) in [4.78, 5) is 23.9. The van der Waals surface area contributed by atoms with Gasteiger partial charge in [-0.25, -0.2) is 0 Å². The van der Waals surface area contributed by atoms with Crippen molar-refractivity contribution in [1.29, 1.82) is 0 Å². The smallest absolute Gasteiger partial charge is 0.310 e. The molecule has 1 amide bonds. The maximum absolute atomic E-state index is 12.5. The van der Waals surface area contributed by atoms with E-state index in [1.165, 1.54) is 0 Å². The summed E-state index contributed by atoms with van der Waals surface area (Å²) in [6.07, 6.45) is 0.808. The first-order valence-electron chi connectivity index (χ1n) is 6.92. The number of halogens is 1. The Morgan fingerprint density at radius 2 is 1.95 bits per heavy atom. The topological polar surface area (TPSA) is 75.6 Å². The van der Waals surface area contributed by atoms with E-state index in [1.54, 1.807) is 12.1 Å². The molecule has 0 unspecified atom stereocenters. The quantitative estimate of drug-likeness (QED) is 0.899. The number of ether oxygens (including phenoxy) is 1. The second-order valence-electron chi connectivity index (χ2n) is 5.63. The highest BCUT2D eigenvalue weighted by molar-refractivity contribution is 6.31. The zero-order valence-corrected chi connectivity index (χ0v) is 12.3. The first-order valence-corrected chi connectivity index (χ1v) is 7.30. The predicted octanol–water partition coefficient (Wildman–Crippen LogP) is 2.47. The molecular formula is C15H16ClNO4. The van der Waals surface area contributed by atoms with Crippen molar-refractivity contribution in [2.24, 2.45) is 11.8 Å². The number of benzene rings is 1. The molecule has 0 aliphatic carbocycles. The number of aliphatic carboxylic acids is 1. The van der Waals surface area contributed by atoms with Gasteiger partial charge in [-0.15, -0.1) is 0 Å². The molecule has 2 heterocycles. The molecule has 2 fully saturated rings. The molecule has 112 valence electrons. The zero-order chi connectivity index (χ0) is 15.1. The number of amides is 1. The summed E-state index contributed by atoms with van der Waals surface area (Å²) in [6.45, 7) is 1.86. The number of carbonyl (C=O) groups is 2. The van der Waals surface area contributed by atoms with E-state index < -0.39 is 17.8 Å². The van der Waals surface area contributed by atoms with Gasteiger partial charge in [0.1, 0.15) is 0 Å². The number of aryl methyl sites for hydroxylation is 1. The third-order valence-electron chi connectivity index (χ3n) is 4.32. The number of rotatable bonds is 3. The van der Waals surface area contributed by atoms with Crippen LogP contribution in [0.2, 0.25) is 5.02 Å². The van der Waals surface area contributed by atoms with Gasteiger partial charge in [0.25, 0.3) is 0 Å². The van der Waals surface area contributed by atoms with E-state index in [9.17, 15) is 14.7 Å². The van der Waals surface area contributed by atoms with E-state index in [2.05, 4.69) is 5.32 Å². The van der Waals surface area contributed by atoms with Crippen molar-refractivity contribution in [3.63, 3.8) is 0 Å². The van der Waals surface area contributed by atoms with Gasteiger partial charge in [-0.3, -0.25) is 9.59 Å². The number of nitrogens with one attached hydrogen (secondary N) is 1. The fourth-order valence-corrected chi connectivity index (χ4v) is 3.44. The monoisotopic (exact) mass is 309 g/mol. The Balaban J connectivity index is 1.81. The lowest BCUT2D eigenvalue weighted by atomic mass is 9.78. The van der Waals surface area contributed by atoms with Crippen LogP contribution in [0.15, 0.2) is 18.2 Å². The molecule has 3 rings (SSSR count). The van der Waals surface area contributed by atoms with Gasteiger partial charge in [-0.2, -0.15) is 0 Å². The van der Waals surface area contributed by atoms with Gasteiger partial charge in [0.15, 0.2) is 0 Å². The predicted molar refractivity (Wildman–Crippen MR) is 77.3 cm³/mol. The Bertz CT molecular complexity index is 603. The fourth-order valence-electron chi connectivity index (χ4n) is 3.27. The van der Waals surface area contributed by atoms with Crippen LogP contribution in [-0.2, 0) is 14.3 Å². The van der Waals surface area contributed by atoms with Crippen LogP contribution in [0.4, 0.5) is 5.69 Å². The molecule has 4 atom stereocenters. The standard InChI is InChI=1S/C15H16ClNO4/c1-7-2-3-8(16)6-9(7)17-14(18)12-10-4-5-11(21-10)13(12)15(19)20/h2-3,6,10-13H,4-5H2,1H3,(H,17,18)(H,19,20)/t10-,11-,12+,13+/m1/s1. The van der Waals surface area contributed by atoms with Gasteiger partial charge < -0.3 is 15.2 Å². The average Bonchev–Trinajstić information content (AvgIpc) is 3.03. The second kappa shape index (κ2) is 5.31. The Hall–Kier alpha value is -1.59. The van der Waals surface area contributed by atoms with Crippen LogP contribution >= 0.6 is 11.6 Å². The SMILES string of the molecule is Cc1ccc(Cl)cc1NC(=O)[C@@H]1[C@@H](C(=O)O)[C@H]2CC[C@H]1O2. The van der Waals surface area contributed by atoms with Crippen molar-refractivity contribution >= 4 is 29.2 Å². The lowest BCUT2D eigenvalue weighted by Gasteiger charge is -2.24. The second-order valence-corrected chi connectivity index (χ2v) is 6.07. The Kier molecular flexibility index (Phi) is 3.63. The average molecular weight is 310 g/mol. The number of carboxylic acid groups (broad SMARTS) is 1. The van der Waals surface area contributed by atoms with Gasteiger partial charge >= 0.3 is 5.97 Å². The van der Waals surface area contributed by atoms with Crippen LogP contribution < -0.4 is 5.32 Å². The van der Waals surface area contributed by atoms with Crippen molar-refractivity contribution < 1.29 is 19.4 Å². The normalized spacial score (nSPS) is 30.4. The van der Waals surface area contributed by atoms with Gasteiger partial charge in [-0.05, 0) is 37.5 Å². The number of anilines is 1. The molecule has 2 aliphatic heterocycles. The molecule has 1 aromatic rings. The van der Waals surface area contributed by atoms with E-state index in [1.807, 2.05) is 13.0 Å². The van der Waals surface area contributed by atoms with Gasteiger partial charge in [0, 0.05) is 10.7 Å². The molecule has 0 aromatic heterocycles. The lowest BCUT2D eigenvalue weighted by molar-refractivity contribution is -0.147. The van der Waals surface area contributed by atoms with Crippen molar-refractivity contribution in [3.8, 4) is 0 Å². The lowest BCUT2D eigenvalue weighted by Crippen LogP contribution is -2.41. The van der Waals surface area contributed by atoms with Crippen LogP contribution in [0.5, 0.6) is 0 Å². The molecule has 0 spiro atoms. The molecule has 0 radical (unpaired) electrons. The van der Waals surface area contributed by atoms with Crippen molar-refractivity contribution in [1.82, 2.24) is 0 Å². The highest BCUT2D eigenvalue weighted by Crippen LogP contribution is 2.44. The highest BCUT2D eigenvalue weighted by atomic mass is 35.5. The van der Waals surface area contributed by atoms with E-state index in [0.717, 1.165) is 12.0 Å². The first-order chi connectivity index (χ1) is 9.97. The number of carboxylic acids is 1. The highest BCUT2D eigenvalue weighted by Gasteiger charge is 2.55. The third kappa shape index (κ3) is 2.51. The number of hydrogen-bond acceptors (Lipinski definition) is 3. The minimum atomic E-state index is -0.967. The summed E-state index contributed by atoms with van der Waals surface area (Å²) < 4.78 is 5.60. The maximum atomic E-state index is 12.5. The van der Waals surface area contributed by atoms with Crippen molar-refractivity contribution in [2.75, 3.05) is 5.32 Å². The molecular weight excluding hydrogens is 294 g/mol. The van der Waals surface area contributed by atoms with E-state index in [0.29, 0.717) is 17.1 Å². The van der Waals surface area contributed by atoms with Crippen LogP contribution in [0.25, 0.3) is 0 Å². The van der Waals surface area contributed by atoms with Gasteiger partial charge in [0.2, 0.25) is 5.91 Å². The molecule has 2 bridgehead atoms. The molecule has 2 aliphatic rings. The number of fused-ring (bicyclic) bond motifs is 2.